The smallest absolute Gasteiger partial charge is 0.163 e. The lowest BCUT2D eigenvalue weighted by molar-refractivity contribution is 0.785. The molecule has 2 aromatic heterocycles. The first kappa shape index (κ1) is 12.9. The van der Waals surface area contributed by atoms with Gasteiger partial charge in [0.25, 0.3) is 0 Å². The number of nitrogens with one attached hydrogen (secondary N) is 1. The molecule has 3 aromatic rings. The van der Waals surface area contributed by atoms with Crippen LogP contribution < -0.4 is 5.32 Å². The Hall–Kier alpha value is -2.14. The normalized spacial score (nSPS) is 10.9. The average Bonchev–Trinajstić information content (AvgIpc) is 2.84. The molecule has 0 spiro atoms. The minimum atomic E-state index is 0.634. The second kappa shape index (κ2) is 5.46. The number of aryl methyl sites for hydroxylation is 2. The summed E-state index contributed by atoms with van der Waals surface area (Å²) in [5, 5.41) is 8.39. The Morgan fingerprint density at radius 1 is 1.20 bits per heavy atom. The maximum absolute atomic E-state index is 5.73. The molecule has 2 heterocycles. The number of benzene rings is 1. The van der Waals surface area contributed by atoms with E-state index in [2.05, 4.69) is 32.5 Å². The molecule has 0 saturated carbocycles. The van der Waals surface area contributed by atoms with Gasteiger partial charge in [0.05, 0.1) is 11.6 Å². The molecule has 0 radical (unpaired) electrons. The van der Waals surface area contributed by atoms with E-state index in [9.17, 15) is 0 Å². The van der Waals surface area contributed by atoms with Gasteiger partial charge in [0.15, 0.2) is 5.65 Å². The first-order valence-corrected chi connectivity index (χ1v) is 6.86. The fourth-order valence-corrected chi connectivity index (χ4v) is 2.28. The monoisotopic (exact) mass is 287 g/mol. The fourth-order valence-electron chi connectivity index (χ4n) is 2.06. The van der Waals surface area contributed by atoms with Gasteiger partial charge < -0.3 is 5.32 Å². The molecule has 0 atom stereocenters. The van der Waals surface area contributed by atoms with Crippen molar-refractivity contribution in [1.82, 2.24) is 19.7 Å². The van der Waals surface area contributed by atoms with Crippen LogP contribution in [0.1, 0.15) is 5.56 Å². The van der Waals surface area contributed by atoms with Crippen molar-refractivity contribution < 1.29 is 0 Å². The third-order valence-corrected chi connectivity index (χ3v) is 3.32. The molecule has 1 N–H and O–H groups in total. The summed E-state index contributed by atoms with van der Waals surface area (Å²) < 4.78 is 1.73. The minimum absolute atomic E-state index is 0.634. The van der Waals surface area contributed by atoms with E-state index in [1.807, 2.05) is 19.2 Å². The Morgan fingerprint density at radius 2 is 2.00 bits per heavy atom. The highest BCUT2D eigenvalue weighted by Gasteiger charge is 2.07. The van der Waals surface area contributed by atoms with Gasteiger partial charge in [-0.2, -0.15) is 5.10 Å². The molecule has 0 bridgehead atoms. The summed E-state index contributed by atoms with van der Waals surface area (Å²) >= 11 is 5.73. The number of hydrogen-bond donors (Lipinski definition) is 1. The van der Waals surface area contributed by atoms with Crippen LogP contribution in [0, 0.1) is 0 Å². The number of nitrogens with zero attached hydrogens (tertiary/aromatic N) is 4. The topological polar surface area (TPSA) is 55.6 Å². The molecular weight excluding hydrogens is 274 g/mol. The van der Waals surface area contributed by atoms with Gasteiger partial charge in [-0.25, -0.2) is 9.97 Å². The van der Waals surface area contributed by atoms with Crippen molar-refractivity contribution >= 4 is 34.1 Å². The molecule has 3 rings (SSSR count). The maximum atomic E-state index is 5.73. The Labute approximate surface area is 121 Å². The number of aromatic nitrogens is 4. The molecule has 0 unspecified atom stereocenters. The Bertz CT molecular complexity index is 720. The van der Waals surface area contributed by atoms with E-state index in [4.69, 9.17) is 11.6 Å². The van der Waals surface area contributed by atoms with Crippen LogP contribution in [0.15, 0.2) is 36.8 Å². The molecule has 20 heavy (non-hydrogen) atoms. The van der Waals surface area contributed by atoms with Crippen LogP contribution in [-0.2, 0) is 13.5 Å². The molecule has 0 amide bonds. The lowest BCUT2D eigenvalue weighted by atomic mass is 10.1. The van der Waals surface area contributed by atoms with Gasteiger partial charge in [-0.1, -0.05) is 12.1 Å². The van der Waals surface area contributed by atoms with Crippen LogP contribution in [0.5, 0.6) is 0 Å². The van der Waals surface area contributed by atoms with Gasteiger partial charge in [-0.05, 0) is 24.1 Å². The number of hydrogen-bond acceptors (Lipinski definition) is 4. The highest BCUT2D eigenvalue weighted by Crippen LogP contribution is 2.22. The van der Waals surface area contributed by atoms with Crippen molar-refractivity contribution in [3.63, 3.8) is 0 Å². The number of alkyl halides is 1. The van der Waals surface area contributed by atoms with Crippen LogP contribution in [0.4, 0.5) is 11.5 Å². The number of rotatable bonds is 4. The third-order valence-electron chi connectivity index (χ3n) is 3.13. The molecule has 0 aliphatic heterocycles. The first-order valence-electron chi connectivity index (χ1n) is 6.32. The number of halogens is 1. The largest absolute Gasteiger partial charge is 0.340 e. The number of anilines is 2. The molecule has 102 valence electrons. The van der Waals surface area contributed by atoms with Crippen LogP contribution in [0.25, 0.3) is 11.0 Å². The molecule has 6 heteroatoms. The molecule has 1 aromatic carbocycles. The molecular formula is C14H14ClN5. The summed E-state index contributed by atoms with van der Waals surface area (Å²) in [7, 11) is 1.86. The van der Waals surface area contributed by atoms with Gasteiger partial charge in [0, 0.05) is 18.6 Å². The summed E-state index contributed by atoms with van der Waals surface area (Å²) in [5.74, 6) is 1.39. The predicted molar refractivity (Wildman–Crippen MR) is 80.5 cm³/mol. The summed E-state index contributed by atoms with van der Waals surface area (Å²) in [5.41, 5.74) is 3.01. The second-order valence-electron chi connectivity index (χ2n) is 4.49. The summed E-state index contributed by atoms with van der Waals surface area (Å²) in [6, 6.07) is 8.16. The van der Waals surface area contributed by atoms with Gasteiger partial charge >= 0.3 is 0 Å². The summed E-state index contributed by atoms with van der Waals surface area (Å²) in [4.78, 5) is 8.49. The summed E-state index contributed by atoms with van der Waals surface area (Å²) in [6.07, 6.45) is 4.18. The lowest BCUT2D eigenvalue weighted by Gasteiger charge is -2.07. The van der Waals surface area contributed by atoms with Gasteiger partial charge in [-0.3, -0.25) is 4.68 Å². The van der Waals surface area contributed by atoms with Crippen molar-refractivity contribution in [1.29, 1.82) is 0 Å². The van der Waals surface area contributed by atoms with Crippen LogP contribution >= 0.6 is 11.6 Å². The van der Waals surface area contributed by atoms with Crippen molar-refractivity contribution in [3.05, 3.63) is 42.4 Å². The quantitative estimate of drug-likeness (QED) is 0.750. The Morgan fingerprint density at radius 3 is 2.75 bits per heavy atom. The fraction of sp³-hybridized carbons (Fsp3) is 0.214. The van der Waals surface area contributed by atoms with E-state index >= 15 is 0 Å². The van der Waals surface area contributed by atoms with Crippen molar-refractivity contribution in [3.8, 4) is 0 Å². The van der Waals surface area contributed by atoms with E-state index in [1.54, 1.807) is 10.9 Å². The first-order chi connectivity index (χ1) is 9.78. The van der Waals surface area contributed by atoms with E-state index < -0.39 is 0 Å². The van der Waals surface area contributed by atoms with E-state index in [1.165, 1.54) is 11.9 Å². The van der Waals surface area contributed by atoms with E-state index in [0.29, 0.717) is 5.88 Å². The molecule has 5 nitrogen and oxygen atoms in total. The van der Waals surface area contributed by atoms with Gasteiger partial charge in [0.2, 0.25) is 0 Å². The van der Waals surface area contributed by atoms with Crippen molar-refractivity contribution in [2.75, 3.05) is 11.2 Å². The maximum Gasteiger partial charge on any atom is 0.163 e. The van der Waals surface area contributed by atoms with Gasteiger partial charge in [-0.15, -0.1) is 11.6 Å². The zero-order valence-electron chi connectivity index (χ0n) is 11.0. The van der Waals surface area contributed by atoms with E-state index in [0.717, 1.165) is 29.0 Å². The van der Waals surface area contributed by atoms with Crippen LogP contribution in [-0.4, -0.2) is 25.6 Å². The molecule has 0 aliphatic rings. The highest BCUT2D eigenvalue weighted by atomic mass is 35.5. The zero-order valence-corrected chi connectivity index (χ0v) is 11.8. The predicted octanol–water partition coefficient (Wildman–Crippen LogP) is 2.89. The van der Waals surface area contributed by atoms with Crippen molar-refractivity contribution in [2.24, 2.45) is 7.05 Å². The molecule has 0 aliphatic carbocycles. The second-order valence-corrected chi connectivity index (χ2v) is 4.87. The highest BCUT2D eigenvalue weighted by molar-refractivity contribution is 6.17. The third kappa shape index (κ3) is 2.44. The van der Waals surface area contributed by atoms with Crippen LogP contribution in [0.2, 0.25) is 0 Å². The standard InChI is InChI=1S/C14H14ClN5/c1-20-14-12(8-18-20)13(16-9-17-14)19-11-4-2-10(3-5-11)6-7-15/h2-5,8-9H,6-7H2,1H3,(H,16,17,19). The Balaban J connectivity index is 1.89. The average molecular weight is 288 g/mol. The molecule has 0 saturated heterocycles. The van der Waals surface area contributed by atoms with Crippen molar-refractivity contribution in [2.45, 2.75) is 6.42 Å². The number of fused-ring (bicyclic) bond motifs is 1. The Kier molecular flexibility index (Phi) is 3.52. The zero-order chi connectivity index (χ0) is 13.9. The van der Waals surface area contributed by atoms with Crippen LogP contribution in [0.3, 0.4) is 0 Å². The lowest BCUT2D eigenvalue weighted by Crippen LogP contribution is -1.97. The van der Waals surface area contributed by atoms with E-state index in [-0.39, 0.29) is 0 Å². The summed E-state index contributed by atoms with van der Waals surface area (Å²) in [6.45, 7) is 0. The van der Waals surface area contributed by atoms with Gasteiger partial charge in [0.1, 0.15) is 12.1 Å². The SMILES string of the molecule is Cn1ncc2c(Nc3ccc(CCCl)cc3)ncnc21. The molecule has 0 fully saturated rings. The minimum Gasteiger partial charge on any atom is -0.340 e.